The Morgan fingerprint density at radius 3 is 1.33 bits per heavy atom. The highest BCUT2D eigenvalue weighted by Gasteiger charge is 2.51. The third kappa shape index (κ3) is 5.40. The van der Waals surface area contributed by atoms with E-state index in [1.807, 2.05) is 0 Å². The second-order valence-corrected chi connectivity index (χ2v) is 18.8. The number of benzene rings is 11. The Balaban J connectivity index is 1.01. The smallest absolute Gasteiger partial charge is 0.0726 e. The number of anilines is 3. The van der Waals surface area contributed by atoms with Crippen LogP contribution in [0, 0.1) is 0 Å². The Kier molecular flexibility index (Phi) is 8.28. The predicted octanol–water partition coefficient (Wildman–Crippen LogP) is 17.4. The molecule has 0 bridgehead atoms. The van der Waals surface area contributed by atoms with Crippen LogP contribution in [0.25, 0.3) is 88.4 Å². The first kappa shape index (κ1) is 38.9. The highest BCUT2D eigenvalue weighted by atomic mass is 15.1. The summed E-state index contributed by atoms with van der Waals surface area (Å²) in [7, 11) is 0. The van der Waals surface area contributed by atoms with E-state index in [0.29, 0.717) is 0 Å². The van der Waals surface area contributed by atoms with Crippen molar-refractivity contribution in [2.24, 2.45) is 0 Å². The quantitative estimate of drug-likeness (QED) is 0.162. The zero-order valence-corrected chi connectivity index (χ0v) is 38.2. The van der Waals surface area contributed by atoms with Crippen molar-refractivity contribution in [1.29, 1.82) is 0 Å². The van der Waals surface area contributed by atoms with Crippen LogP contribution in [0.3, 0.4) is 0 Å². The highest BCUT2D eigenvalue weighted by Crippen LogP contribution is 2.63. The Morgan fingerprint density at radius 2 is 0.729 bits per heavy atom. The van der Waals surface area contributed by atoms with Gasteiger partial charge in [-0.05, 0) is 141 Å². The molecule has 0 saturated heterocycles. The number of aromatic nitrogens is 2. The molecule has 0 N–H and O–H groups in total. The minimum absolute atomic E-state index is 0.470. The summed E-state index contributed by atoms with van der Waals surface area (Å²) in [6, 6.07) is 96.8. The minimum Gasteiger partial charge on any atom is -0.310 e. The van der Waals surface area contributed by atoms with Gasteiger partial charge in [-0.3, -0.25) is 0 Å². The van der Waals surface area contributed by atoms with Gasteiger partial charge in [0.25, 0.3) is 0 Å². The minimum atomic E-state index is -0.470. The molecule has 0 atom stereocenters. The topological polar surface area (TPSA) is 13.1 Å². The molecule has 3 heteroatoms. The number of para-hydroxylation sites is 5. The maximum atomic E-state index is 2.50. The lowest BCUT2D eigenvalue weighted by atomic mass is 9.70. The molecule has 0 unspecified atom stereocenters. The summed E-state index contributed by atoms with van der Waals surface area (Å²) in [6.07, 6.45) is 0. The molecule has 0 radical (unpaired) electrons. The molecule has 15 rings (SSSR count). The van der Waals surface area contributed by atoms with Gasteiger partial charge in [-0.2, -0.15) is 0 Å². The van der Waals surface area contributed by atoms with Crippen LogP contribution in [-0.2, 0) is 5.41 Å². The molecule has 1 spiro atoms. The number of rotatable bonds is 6. The average molecular weight is 890 g/mol. The Hall–Kier alpha value is -9.18. The summed E-state index contributed by atoms with van der Waals surface area (Å²) in [5.74, 6) is 0. The molecule has 0 saturated carbocycles. The number of fused-ring (bicyclic) bond motifs is 16. The fraction of sp³-hybridized carbons (Fsp3) is 0.0149. The van der Waals surface area contributed by atoms with Gasteiger partial charge in [0.15, 0.2) is 0 Å². The number of hydrogen-bond donors (Lipinski definition) is 0. The molecule has 2 aliphatic rings. The third-order valence-electron chi connectivity index (χ3n) is 15.3. The normalized spacial score (nSPS) is 13.0. The number of hydrogen-bond acceptors (Lipinski definition) is 1. The lowest BCUT2D eigenvalue weighted by Gasteiger charge is -2.32. The van der Waals surface area contributed by atoms with E-state index >= 15 is 0 Å². The van der Waals surface area contributed by atoms with Crippen LogP contribution < -0.4 is 4.90 Å². The second kappa shape index (κ2) is 14.9. The summed E-state index contributed by atoms with van der Waals surface area (Å²) >= 11 is 0. The van der Waals surface area contributed by atoms with E-state index in [9.17, 15) is 0 Å². The lowest BCUT2D eigenvalue weighted by molar-refractivity contribution is 0.793. The van der Waals surface area contributed by atoms with E-state index in [0.717, 1.165) is 39.6 Å². The van der Waals surface area contributed by atoms with Crippen LogP contribution in [0.4, 0.5) is 17.1 Å². The first-order chi connectivity index (χ1) is 34.7. The van der Waals surface area contributed by atoms with Crippen LogP contribution in [0.5, 0.6) is 0 Å². The summed E-state index contributed by atoms with van der Waals surface area (Å²) < 4.78 is 4.85. The maximum absolute atomic E-state index is 2.50. The van der Waals surface area contributed by atoms with Gasteiger partial charge in [-0.15, -0.1) is 0 Å². The Bertz CT molecular complexity index is 4130. The second-order valence-electron chi connectivity index (χ2n) is 18.8. The molecule has 11 aromatic carbocycles. The van der Waals surface area contributed by atoms with Crippen molar-refractivity contribution < 1.29 is 0 Å². The van der Waals surface area contributed by atoms with Crippen LogP contribution in [0.1, 0.15) is 22.3 Å². The molecule has 3 nitrogen and oxygen atoms in total. The largest absolute Gasteiger partial charge is 0.310 e. The van der Waals surface area contributed by atoms with Gasteiger partial charge in [0, 0.05) is 50.0 Å². The zero-order chi connectivity index (χ0) is 45.9. The van der Waals surface area contributed by atoms with Crippen molar-refractivity contribution in [2.75, 3.05) is 4.90 Å². The van der Waals surface area contributed by atoms with E-state index in [2.05, 4.69) is 275 Å². The molecule has 0 aliphatic heterocycles. The fourth-order valence-corrected chi connectivity index (χ4v) is 12.5. The molecular formula is C67H43N3. The lowest BCUT2D eigenvalue weighted by Crippen LogP contribution is -2.26. The van der Waals surface area contributed by atoms with Crippen LogP contribution >= 0.6 is 0 Å². The monoisotopic (exact) mass is 889 g/mol. The molecule has 0 fully saturated rings. The SMILES string of the molecule is c1ccc(N(c2cc(-c3ccc4c(c3)c3ccccc3n4-c3ccccc3)cc(-n3c4ccccc4c4ccccc43)c2)c2ccc3c(c2)C2(c4ccccc4-c4ccccc42)c2ccccc2-3)cc1. The standard InChI is InChI=1S/C67H43N3/c1-3-19-46(20-4-1)68(48-36-37-54-53-25-9-15-31-61(53)67(62(54)43-48)59-29-13-7-23-51(59)52-24-8-14-30-60(52)67)49-39-45(40-50(42-49)70-63-32-16-10-26-55(63)56-27-11-17-33-64(56)70)44-35-38-66-58(41-44)57-28-12-18-34-65(57)69(66)47-21-5-2-6-22-47/h1-43H. The van der Waals surface area contributed by atoms with E-state index in [4.69, 9.17) is 0 Å². The molecule has 70 heavy (non-hydrogen) atoms. The van der Waals surface area contributed by atoms with Crippen molar-refractivity contribution in [3.8, 4) is 44.8 Å². The van der Waals surface area contributed by atoms with Gasteiger partial charge in [0.1, 0.15) is 0 Å². The summed E-state index contributed by atoms with van der Waals surface area (Å²) in [4.78, 5) is 2.48. The van der Waals surface area contributed by atoms with E-state index in [1.165, 1.54) is 88.1 Å². The van der Waals surface area contributed by atoms with Crippen LogP contribution in [0.15, 0.2) is 261 Å². The van der Waals surface area contributed by atoms with Gasteiger partial charge in [0.2, 0.25) is 0 Å². The van der Waals surface area contributed by atoms with E-state index < -0.39 is 5.41 Å². The zero-order valence-electron chi connectivity index (χ0n) is 38.2. The third-order valence-corrected chi connectivity index (χ3v) is 15.3. The Labute approximate surface area is 406 Å². The predicted molar refractivity (Wildman–Crippen MR) is 292 cm³/mol. The van der Waals surface area contributed by atoms with Crippen molar-refractivity contribution >= 4 is 60.7 Å². The van der Waals surface area contributed by atoms with Crippen LogP contribution in [0.2, 0.25) is 0 Å². The van der Waals surface area contributed by atoms with Gasteiger partial charge >= 0.3 is 0 Å². The molecule has 0 amide bonds. The average Bonchev–Trinajstić information content (AvgIpc) is 4.13. The van der Waals surface area contributed by atoms with E-state index in [-0.39, 0.29) is 0 Å². The Morgan fingerprint density at radius 1 is 0.257 bits per heavy atom. The van der Waals surface area contributed by atoms with Crippen LogP contribution in [-0.4, -0.2) is 9.13 Å². The van der Waals surface area contributed by atoms with Gasteiger partial charge in [-0.25, -0.2) is 0 Å². The summed E-state index contributed by atoms with van der Waals surface area (Å²) in [5, 5.41) is 4.93. The fourth-order valence-electron chi connectivity index (χ4n) is 12.5. The highest BCUT2D eigenvalue weighted by molar-refractivity contribution is 6.11. The summed E-state index contributed by atoms with van der Waals surface area (Å²) in [6.45, 7) is 0. The molecule has 326 valence electrons. The maximum Gasteiger partial charge on any atom is 0.0726 e. The van der Waals surface area contributed by atoms with Gasteiger partial charge in [-0.1, -0.05) is 176 Å². The van der Waals surface area contributed by atoms with Crippen molar-refractivity contribution in [3.05, 3.63) is 283 Å². The van der Waals surface area contributed by atoms with Crippen molar-refractivity contribution in [1.82, 2.24) is 9.13 Å². The van der Waals surface area contributed by atoms with Crippen molar-refractivity contribution in [2.45, 2.75) is 5.41 Å². The molecule has 2 heterocycles. The first-order valence-electron chi connectivity index (χ1n) is 24.3. The first-order valence-corrected chi connectivity index (χ1v) is 24.3. The van der Waals surface area contributed by atoms with Gasteiger partial charge in [0.05, 0.1) is 27.5 Å². The van der Waals surface area contributed by atoms with E-state index in [1.54, 1.807) is 0 Å². The van der Waals surface area contributed by atoms with Crippen molar-refractivity contribution in [3.63, 3.8) is 0 Å². The molecule has 2 aliphatic carbocycles. The molecule has 13 aromatic rings. The molecule has 2 aromatic heterocycles. The number of nitrogens with zero attached hydrogens (tertiary/aromatic N) is 3. The molecular weight excluding hydrogens is 847 g/mol. The summed E-state index contributed by atoms with van der Waals surface area (Å²) in [5.41, 5.74) is 22.6. The van der Waals surface area contributed by atoms with Gasteiger partial charge < -0.3 is 14.0 Å².